The molecular formula is C7H13N5S. The first-order valence-corrected chi connectivity index (χ1v) is 4.86. The van der Waals surface area contributed by atoms with Crippen molar-refractivity contribution in [2.24, 2.45) is 16.7 Å². The van der Waals surface area contributed by atoms with E-state index in [9.17, 15) is 0 Å². The van der Waals surface area contributed by atoms with Gasteiger partial charge in [0.25, 0.3) is 0 Å². The summed E-state index contributed by atoms with van der Waals surface area (Å²) in [5, 5.41) is 3.78. The summed E-state index contributed by atoms with van der Waals surface area (Å²) < 4.78 is 2.05. The number of aryl methyl sites for hydroxylation is 2. The highest BCUT2D eigenvalue weighted by atomic mass is 32.2. The van der Waals surface area contributed by atoms with Gasteiger partial charge < -0.3 is 16.1 Å². The number of aromatic nitrogens is 2. The summed E-state index contributed by atoms with van der Waals surface area (Å²) in [4.78, 5) is 4.10. The van der Waals surface area contributed by atoms with Crippen molar-refractivity contribution >= 4 is 16.9 Å². The highest BCUT2D eigenvalue weighted by Crippen LogP contribution is 2.02. The average Bonchev–Trinajstić information content (AvgIpc) is 2.52. The van der Waals surface area contributed by atoms with Gasteiger partial charge in [0.2, 0.25) is 0 Å². The van der Waals surface area contributed by atoms with Crippen molar-refractivity contribution < 1.29 is 0 Å². The topological polar surface area (TPSA) is 82.2 Å². The van der Waals surface area contributed by atoms with E-state index in [1.54, 1.807) is 6.20 Å². The Kier molecular flexibility index (Phi) is 3.63. The largest absolute Gasteiger partial charge is 0.377 e. The third-order valence-corrected chi connectivity index (χ3v) is 2.42. The van der Waals surface area contributed by atoms with Crippen molar-refractivity contribution in [2.45, 2.75) is 13.5 Å². The van der Waals surface area contributed by atoms with E-state index >= 15 is 0 Å². The number of imidazole rings is 1. The Morgan fingerprint density at radius 3 is 3.08 bits per heavy atom. The highest BCUT2D eigenvalue weighted by molar-refractivity contribution is 8.13. The minimum absolute atomic E-state index is 0.415. The standard InChI is InChI=1S/C7H13N5S/c1-6-10-2-3-12(6)4-5-13-7(8)11-9/h2-3H,4-5,9H2,1H3,(H2,8,11). The van der Waals surface area contributed by atoms with E-state index in [0.29, 0.717) is 5.17 Å². The van der Waals surface area contributed by atoms with Crippen LogP contribution in [0.4, 0.5) is 0 Å². The summed E-state index contributed by atoms with van der Waals surface area (Å²) in [6.45, 7) is 2.83. The van der Waals surface area contributed by atoms with E-state index in [1.807, 2.05) is 13.1 Å². The predicted molar refractivity (Wildman–Crippen MR) is 55.2 cm³/mol. The first-order valence-electron chi connectivity index (χ1n) is 3.88. The third kappa shape index (κ3) is 2.98. The van der Waals surface area contributed by atoms with Gasteiger partial charge in [0.05, 0.1) is 0 Å². The van der Waals surface area contributed by atoms with E-state index in [1.165, 1.54) is 11.8 Å². The Labute approximate surface area is 81.2 Å². The molecule has 0 aliphatic heterocycles. The minimum atomic E-state index is 0.415. The maximum atomic E-state index is 5.41. The molecule has 5 nitrogen and oxygen atoms in total. The second kappa shape index (κ2) is 4.76. The monoisotopic (exact) mass is 199 g/mol. The first kappa shape index (κ1) is 9.91. The number of nitrogens with zero attached hydrogens (tertiary/aromatic N) is 3. The lowest BCUT2D eigenvalue weighted by Crippen LogP contribution is -2.12. The van der Waals surface area contributed by atoms with Gasteiger partial charge in [0, 0.05) is 24.7 Å². The third-order valence-electron chi connectivity index (χ3n) is 1.63. The molecular weight excluding hydrogens is 186 g/mol. The quantitative estimate of drug-likeness (QED) is 0.313. The number of thioether (sulfide) groups is 1. The van der Waals surface area contributed by atoms with Gasteiger partial charge in [0.15, 0.2) is 5.17 Å². The van der Waals surface area contributed by atoms with Crippen molar-refractivity contribution in [1.29, 1.82) is 0 Å². The Bertz CT molecular complexity index is 293. The Balaban J connectivity index is 2.32. The molecule has 0 aromatic carbocycles. The molecule has 1 aromatic heterocycles. The molecule has 6 heteroatoms. The Morgan fingerprint density at radius 2 is 2.54 bits per heavy atom. The second-order valence-corrected chi connectivity index (χ2v) is 3.60. The van der Waals surface area contributed by atoms with Crippen molar-refractivity contribution in [2.75, 3.05) is 5.75 Å². The van der Waals surface area contributed by atoms with Crippen molar-refractivity contribution in [3.8, 4) is 0 Å². The number of hydrogen-bond donors (Lipinski definition) is 2. The summed E-state index contributed by atoms with van der Waals surface area (Å²) >= 11 is 1.44. The van der Waals surface area contributed by atoms with Crippen molar-refractivity contribution in [3.63, 3.8) is 0 Å². The molecule has 0 bridgehead atoms. The van der Waals surface area contributed by atoms with Crippen LogP contribution in [0.1, 0.15) is 5.82 Å². The molecule has 1 heterocycles. The van der Waals surface area contributed by atoms with E-state index in [-0.39, 0.29) is 0 Å². The Morgan fingerprint density at radius 1 is 1.77 bits per heavy atom. The van der Waals surface area contributed by atoms with Crippen molar-refractivity contribution in [3.05, 3.63) is 18.2 Å². The molecule has 1 aromatic rings. The molecule has 0 radical (unpaired) electrons. The van der Waals surface area contributed by atoms with Gasteiger partial charge in [-0.2, -0.15) is 5.10 Å². The normalized spacial score (nSPS) is 11.9. The van der Waals surface area contributed by atoms with Crippen molar-refractivity contribution in [1.82, 2.24) is 9.55 Å². The zero-order chi connectivity index (χ0) is 9.68. The molecule has 0 fully saturated rings. The van der Waals surface area contributed by atoms with E-state index in [0.717, 1.165) is 18.1 Å². The fourth-order valence-corrected chi connectivity index (χ4v) is 1.50. The lowest BCUT2D eigenvalue weighted by Gasteiger charge is -2.03. The maximum absolute atomic E-state index is 5.41. The molecule has 72 valence electrons. The fourth-order valence-electron chi connectivity index (χ4n) is 0.926. The van der Waals surface area contributed by atoms with Gasteiger partial charge in [-0.15, -0.1) is 0 Å². The van der Waals surface area contributed by atoms with Crippen LogP contribution in [0.15, 0.2) is 17.5 Å². The predicted octanol–water partition coefficient (Wildman–Crippen LogP) is 0.113. The van der Waals surface area contributed by atoms with Crippen LogP contribution in [0.3, 0.4) is 0 Å². The minimum Gasteiger partial charge on any atom is -0.377 e. The molecule has 0 unspecified atom stereocenters. The summed E-state index contributed by atoms with van der Waals surface area (Å²) in [6.07, 6.45) is 3.71. The van der Waals surface area contributed by atoms with Crippen LogP contribution in [0.5, 0.6) is 0 Å². The summed E-state index contributed by atoms with van der Waals surface area (Å²) in [5.41, 5.74) is 5.41. The summed E-state index contributed by atoms with van der Waals surface area (Å²) in [5.74, 6) is 6.84. The number of hydrogen-bond acceptors (Lipinski definition) is 4. The van der Waals surface area contributed by atoms with Crippen LogP contribution >= 0.6 is 11.8 Å². The molecule has 0 spiro atoms. The van der Waals surface area contributed by atoms with Crippen LogP contribution in [-0.4, -0.2) is 20.5 Å². The molecule has 0 atom stereocenters. The van der Waals surface area contributed by atoms with Gasteiger partial charge >= 0.3 is 0 Å². The molecule has 0 aliphatic carbocycles. The molecule has 0 amide bonds. The number of nitrogens with two attached hydrogens (primary N) is 2. The zero-order valence-corrected chi connectivity index (χ0v) is 8.29. The van der Waals surface area contributed by atoms with Gasteiger partial charge in [-0.1, -0.05) is 11.8 Å². The van der Waals surface area contributed by atoms with Crippen LogP contribution in [0.2, 0.25) is 0 Å². The van der Waals surface area contributed by atoms with E-state index < -0.39 is 0 Å². The van der Waals surface area contributed by atoms with Crippen LogP contribution < -0.4 is 11.6 Å². The van der Waals surface area contributed by atoms with Crippen LogP contribution in [0, 0.1) is 6.92 Å². The smallest absolute Gasteiger partial charge is 0.177 e. The van der Waals surface area contributed by atoms with Gasteiger partial charge in [-0.25, -0.2) is 4.98 Å². The Hall–Kier alpha value is -1.17. The van der Waals surface area contributed by atoms with E-state index in [4.69, 9.17) is 11.6 Å². The zero-order valence-electron chi connectivity index (χ0n) is 7.47. The molecule has 0 saturated heterocycles. The molecule has 0 aliphatic rings. The molecule has 1 rings (SSSR count). The van der Waals surface area contributed by atoms with Crippen LogP contribution in [0.25, 0.3) is 0 Å². The highest BCUT2D eigenvalue weighted by Gasteiger charge is 1.97. The summed E-state index contributed by atoms with van der Waals surface area (Å²) in [7, 11) is 0. The molecule has 13 heavy (non-hydrogen) atoms. The number of hydrazone groups is 1. The maximum Gasteiger partial charge on any atom is 0.177 e. The van der Waals surface area contributed by atoms with Gasteiger partial charge in [-0.05, 0) is 6.92 Å². The average molecular weight is 199 g/mol. The van der Waals surface area contributed by atoms with E-state index in [2.05, 4.69) is 14.7 Å². The number of rotatable bonds is 3. The first-order chi connectivity index (χ1) is 6.24. The lowest BCUT2D eigenvalue weighted by atomic mass is 10.6. The second-order valence-electron chi connectivity index (χ2n) is 2.48. The van der Waals surface area contributed by atoms with Gasteiger partial charge in [-0.3, -0.25) is 0 Å². The summed E-state index contributed by atoms with van der Waals surface area (Å²) in [6, 6.07) is 0. The van der Waals surface area contributed by atoms with Gasteiger partial charge in [0.1, 0.15) is 5.82 Å². The van der Waals surface area contributed by atoms with Crippen LogP contribution in [-0.2, 0) is 6.54 Å². The fraction of sp³-hybridized carbons (Fsp3) is 0.429. The SMILES string of the molecule is Cc1nccn1CCSC(N)=NN. The lowest BCUT2D eigenvalue weighted by molar-refractivity contribution is 0.739. The molecule has 0 saturated carbocycles. The number of amidine groups is 1. The molecule has 4 N–H and O–H groups in total.